The summed E-state index contributed by atoms with van der Waals surface area (Å²) >= 11 is 0. The monoisotopic (exact) mass is 474 g/mol. The number of ether oxygens (including phenoxy) is 1. The van der Waals surface area contributed by atoms with E-state index in [1.54, 1.807) is 6.07 Å². The maximum absolute atomic E-state index is 13.3. The van der Waals surface area contributed by atoms with E-state index in [1.165, 1.54) is 5.56 Å². The molecule has 0 spiro atoms. The number of nitrogens with zero attached hydrogens (tertiary/aromatic N) is 3. The maximum atomic E-state index is 13.3. The molecule has 3 aromatic rings. The first-order valence-corrected chi connectivity index (χ1v) is 12.8. The lowest BCUT2D eigenvalue weighted by atomic mass is 9.90. The third-order valence-corrected chi connectivity index (χ3v) is 7.21. The topological polar surface area (TPSA) is 78.5 Å². The molecule has 2 aliphatic heterocycles. The normalized spacial score (nSPS) is 19.0. The van der Waals surface area contributed by atoms with E-state index < -0.39 is 0 Å². The summed E-state index contributed by atoms with van der Waals surface area (Å²) in [6, 6.07) is 18.0. The number of hydrogen-bond donors (Lipinski definition) is 1. The Morgan fingerprint density at radius 2 is 1.83 bits per heavy atom. The van der Waals surface area contributed by atoms with Crippen LogP contribution in [0.5, 0.6) is 0 Å². The predicted octanol–water partition coefficient (Wildman–Crippen LogP) is 3.39. The number of rotatable bonds is 8. The van der Waals surface area contributed by atoms with Crippen LogP contribution in [0, 0.1) is 5.92 Å². The standard InChI is InChI=1S/C28H34N4O3/c33-27(32-14-12-22(13-15-32)17-21-7-2-1-3-8-21)20-31(18-23-9-6-16-35-23)19-26-29-25-11-5-4-10-24(25)28(34)30-26/h1-5,7-8,10-11,22-23H,6,9,12-20H2,(H,29,30,34). The fourth-order valence-electron chi connectivity index (χ4n) is 5.31. The van der Waals surface area contributed by atoms with Crippen LogP contribution in [0.25, 0.3) is 10.9 Å². The summed E-state index contributed by atoms with van der Waals surface area (Å²) in [6.07, 6.45) is 5.31. The van der Waals surface area contributed by atoms with E-state index >= 15 is 0 Å². The van der Waals surface area contributed by atoms with Gasteiger partial charge >= 0.3 is 0 Å². The summed E-state index contributed by atoms with van der Waals surface area (Å²) in [6.45, 7) is 3.75. The number of benzene rings is 2. The van der Waals surface area contributed by atoms with Gasteiger partial charge in [-0.15, -0.1) is 0 Å². The molecule has 5 rings (SSSR count). The lowest BCUT2D eigenvalue weighted by molar-refractivity contribution is -0.134. The van der Waals surface area contributed by atoms with Crippen LogP contribution in [0.2, 0.25) is 0 Å². The van der Waals surface area contributed by atoms with Gasteiger partial charge in [-0.05, 0) is 55.7 Å². The van der Waals surface area contributed by atoms with Crippen LogP contribution >= 0.6 is 0 Å². The third-order valence-electron chi connectivity index (χ3n) is 7.21. The fraction of sp³-hybridized carbons (Fsp3) is 0.464. The lowest BCUT2D eigenvalue weighted by Gasteiger charge is -2.34. The molecule has 0 aliphatic carbocycles. The highest BCUT2D eigenvalue weighted by Crippen LogP contribution is 2.22. The fourth-order valence-corrected chi connectivity index (χ4v) is 5.31. The van der Waals surface area contributed by atoms with E-state index in [-0.39, 0.29) is 17.6 Å². The first-order chi connectivity index (χ1) is 17.1. The number of aromatic nitrogens is 2. The number of H-pyrrole nitrogens is 1. The second-order valence-corrected chi connectivity index (χ2v) is 9.85. The minimum Gasteiger partial charge on any atom is -0.377 e. The van der Waals surface area contributed by atoms with Crippen molar-refractivity contribution in [2.45, 2.75) is 44.8 Å². The maximum Gasteiger partial charge on any atom is 0.258 e. The molecule has 2 fully saturated rings. The zero-order valence-electron chi connectivity index (χ0n) is 20.2. The van der Waals surface area contributed by atoms with Gasteiger partial charge in [-0.3, -0.25) is 14.5 Å². The van der Waals surface area contributed by atoms with Gasteiger partial charge in [0.1, 0.15) is 5.82 Å². The Balaban J connectivity index is 1.22. The van der Waals surface area contributed by atoms with Crippen molar-refractivity contribution >= 4 is 16.8 Å². The number of piperidine rings is 1. The first-order valence-electron chi connectivity index (χ1n) is 12.8. The molecule has 0 radical (unpaired) electrons. The van der Waals surface area contributed by atoms with Crippen LogP contribution < -0.4 is 5.56 Å². The Bertz CT molecular complexity index is 1180. The Morgan fingerprint density at radius 1 is 1.06 bits per heavy atom. The summed E-state index contributed by atoms with van der Waals surface area (Å²) in [7, 11) is 0. The summed E-state index contributed by atoms with van der Waals surface area (Å²) in [5.41, 5.74) is 1.90. The van der Waals surface area contributed by atoms with Gasteiger partial charge in [-0.2, -0.15) is 0 Å². The van der Waals surface area contributed by atoms with Crippen LogP contribution in [0.4, 0.5) is 0 Å². The number of carbonyl (C=O) groups excluding carboxylic acids is 1. The van der Waals surface area contributed by atoms with Crippen LogP contribution in [0.1, 0.15) is 37.1 Å². The van der Waals surface area contributed by atoms with Crippen molar-refractivity contribution in [3.63, 3.8) is 0 Å². The molecule has 1 atom stereocenters. The van der Waals surface area contributed by atoms with Gasteiger partial charge in [0.15, 0.2) is 0 Å². The van der Waals surface area contributed by atoms with E-state index in [4.69, 9.17) is 4.74 Å². The number of aromatic amines is 1. The number of hydrogen-bond acceptors (Lipinski definition) is 5. The van der Waals surface area contributed by atoms with Crippen molar-refractivity contribution in [1.82, 2.24) is 19.8 Å². The smallest absolute Gasteiger partial charge is 0.258 e. The van der Waals surface area contributed by atoms with Gasteiger partial charge in [-0.25, -0.2) is 4.98 Å². The molecule has 1 aromatic heterocycles. The van der Waals surface area contributed by atoms with Crippen LogP contribution in [-0.4, -0.2) is 64.6 Å². The molecule has 2 aromatic carbocycles. The van der Waals surface area contributed by atoms with Crippen LogP contribution in [-0.2, 0) is 22.5 Å². The lowest BCUT2D eigenvalue weighted by Crippen LogP contribution is -2.46. The average molecular weight is 475 g/mol. The number of likely N-dealkylation sites (tertiary alicyclic amines) is 1. The minimum absolute atomic E-state index is 0.117. The SMILES string of the molecule is O=C(CN(Cc1nc2ccccc2c(=O)[nH]1)CC1CCCO1)N1CCC(Cc2ccccc2)CC1. The summed E-state index contributed by atoms with van der Waals surface area (Å²) in [5.74, 6) is 1.35. The number of amides is 1. The zero-order valence-corrected chi connectivity index (χ0v) is 20.2. The minimum atomic E-state index is -0.144. The second-order valence-electron chi connectivity index (χ2n) is 9.85. The molecule has 35 heavy (non-hydrogen) atoms. The molecule has 0 bridgehead atoms. The first kappa shape index (κ1) is 23.7. The Morgan fingerprint density at radius 3 is 2.60 bits per heavy atom. The van der Waals surface area contributed by atoms with Gasteiger partial charge in [0, 0.05) is 26.2 Å². The average Bonchev–Trinajstić information content (AvgIpc) is 3.38. The van der Waals surface area contributed by atoms with Crippen molar-refractivity contribution in [2.24, 2.45) is 5.92 Å². The van der Waals surface area contributed by atoms with Gasteiger partial charge in [0.2, 0.25) is 5.91 Å². The van der Waals surface area contributed by atoms with Crippen molar-refractivity contribution in [1.29, 1.82) is 0 Å². The van der Waals surface area contributed by atoms with E-state index in [0.29, 0.717) is 42.3 Å². The van der Waals surface area contributed by atoms with Gasteiger partial charge < -0.3 is 14.6 Å². The molecular formula is C28H34N4O3. The van der Waals surface area contributed by atoms with E-state index in [1.807, 2.05) is 23.1 Å². The number of carbonyl (C=O) groups is 1. The summed E-state index contributed by atoms with van der Waals surface area (Å²) < 4.78 is 5.85. The molecule has 1 unspecified atom stereocenters. The third kappa shape index (κ3) is 6.16. The van der Waals surface area contributed by atoms with E-state index in [9.17, 15) is 9.59 Å². The Hall–Kier alpha value is -3.03. The van der Waals surface area contributed by atoms with Gasteiger partial charge in [0.05, 0.1) is 30.1 Å². The Kier molecular flexibility index (Phi) is 7.54. The number of nitrogens with one attached hydrogen (secondary N) is 1. The Labute approximate surface area is 206 Å². The van der Waals surface area contributed by atoms with Crippen LogP contribution in [0.3, 0.4) is 0 Å². The molecule has 184 valence electrons. The molecule has 2 aliphatic rings. The molecule has 7 nitrogen and oxygen atoms in total. The molecule has 2 saturated heterocycles. The number of para-hydroxylation sites is 1. The molecule has 7 heteroatoms. The highest BCUT2D eigenvalue weighted by molar-refractivity contribution is 5.78. The highest BCUT2D eigenvalue weighted by Gasteiger charge is 2.27. The van der Waals surface area contributed by atoms with Crippen molar-refractivity contribution in [2.75, 3.05) is 32.8 Å². The predicted molar refractivity (Wildman–Crippen MR) is 136 cm³/mol. The molecule has 3 heterocycles. The molecule has 1 N–H and O–H groups in total. The van der Waals surface area contributed by atoms with Crippen molar-refractivity contribution < 1.29 is 9.53 Å². The zero-order chi connectivity index (χ0) is 24.0. The van der Waals surface area contributed by atoms with Crippen molar-refractivity contribution in [3.05, 3.63) is 76.3 Å². The number of fused-ring (bicyclic) bond motifs is 1. The molecule has 1 amide bonds. The molecule has 0 saturated carbocycles. The summed E-state index contributed by atoms with van der Waals surface area (Å²) in [5, 5.41) is 0.580. The second kappa shape index (κ2) is 11.1. The molecular weight excluding hydrogens is 440 g/mol. The largest absolute Gasteiger partial charge is 0.377 e. The van der Waals surface area contributed by atoms with E-state index in [0.717, 1.165) is 51.8 Å². The van der Waals surface area contributed by atoms with Gasteiger partial charge in [-0.1, -0.05) is 42.5 Å². The highest BCUT2D eigenvalue weighted by atomic mass is 16.5. The van der Waals surface area contributed by atoms with Gasteiger partial charge in [0.25, 0.3) is 5.56 Å². The van der Waals surface area contributed by atoms with Crippen LogP contribution in [0.15, 0.2) is 59.4 Å². The quantitative estimate of drug-likeness (QED) is 0.542. The van der Waals surface area contributed by atoms with E-state index in [2.05, 4.69) is 45.2 Å². The van der Waals surface area contributed by atoms with Crippen molar-refractivity contribution in [3.8, 4) is 0 Å². The summed E-state index contributed by atoms with van der Waals surface area (Å²) in [4.78, 5) is 37.5.